The van der Waals surface area contributed by atoms with Gasteiger partial charge in [-0.25, -0.2) is 0 Å². The lowest BCUT2D eigenvalue weighted by Gasteiger charge is -2.56. The summed E-state index contributed by atoms with van der Waals surface area (Å²) in [4.78, 5) is 6.72. The lowest BCUT2D eigenvalue weighted by molar-refractivity contribution is -0.0265. The van der Waals surface area contributed by atoms with Gasteiger partial charge in [-0.1, -0.05) is 13.8 Å². The fourth-order valence-electron chi connectivity index (χ4n) is 3.45. The van der Waals surface area contributed by atoms with Crippen molar-refractivity contribution >= 4 is 5.96 Å². The molecule has 1 saturated carbocycles. The van der Waals surface area contributed by atoms with Crippen molar-refractivity contribution in [2.75, 3.05) is 6.54 Å². The lowest BCUT2D eigenvalue weighted by Crippen LogP contribution is -2.63. The maximum atomic E-state index is 5.93. The summed E-state index contributed by atoms with van der Waals surface area (Å²) in [5.41, 5.74) is 6.67. The van der Waals surface area contributed by atoms with Crippen LogP contribution in [-0.2, 0) is 0 Å². The topological polar surface area (TPSA) is 41.6 Å². The van der Waals surface area contributed by atoms with Gasteiger partial charge in [-0.2, -0.15) is 0 Å². The van der Waals surface area contributed by atoms with Gasteiger partial charge in [0.05, 0.1) is 12.1 Å². The minimum Gasteiger partial charge on any atom is -0.370 e. The van der Waals surface area contributed by atoms with E-state index in [9.17, 15) is 0 Å². The zero-order chi connectivity index (χ0) is 10.6. The second kappa shape index (κ2) is 2.65. The molecular weight excluding hydrogens is 174 g/mol. The summed E-state index contributed by atoms with van der Waals surface area (Å²) >= 11 is 0. The van der Waals surface area contributed by atoms with Gasteiger partial charge in [0.15, 0.2) is 5.96 Å². The molecule has 3 heteroatoms. The summed E-state index contributed by atoms with van der Waals surface area (Å²) < 4.78 is 0. The molecule has 80 valence electrons. The summed E-state index contributed by atoms with van der Waals surface area (Å²) in [6, 6.07) is 0.470. The molecule has 1 heterocycles. The van der Waals surface area contributed by atoms with Gasteiger partial charge in [0, 0.05) is 6.04 Å². The quantitative estimate of drug-likeness (QED) is 0.690. The van der Waals surface area contributed by atoms with Crippen LogP contribution < -0.4 is 5.73 Å². The van der Waals surface area contributed by atoms with Crippen molar-refractivity contribution in [3.8, 4) is 0 Å². The highest BCUT2D eigenvalue weighted by Crippen LogP contribution is 2.53. The number of hydrogen-bond donors (Lipinski definition) is 1. The van der Waals surface area contributed by atoms with Crippen molar-refractivity contribution in [3.05, 3.63) is 0 Å². The molecule has 1 spiro atoms. The molecule has 1 aliphatic heterocycles. The Morgan fingerprint density at radius 2 is 1.93 bits per heavy atom. The zero-order valence-electron chi connectivity index (χ0n) is 9.67. The Hall–Kier alpha value is -0.730. The molecule has 0 radical (unpaired) electrons. The van der Waals surface area contributed by atoms with E-state index < -0.39 is 0 Å². The molecular formula is C11H21N3. The van der Waals surface area contributed by atoms with Gasteiger partial charge in [0.1, 0.15) is 0 Å². The molecule has 2 aliphatic rings. The van der Waals surface area contributed by atoms with Crippen LogP contribution in [0.25, 0.3) is 0 Å². The van der Waals surface area contributed by atoms with Crippen molar-refractivity contribution < 1.29 is 0 Å². The van der Waals surface area contributed by atoms with Gasteiger partial charge in [-0.3, -0.25) is 4.99 Å². The molecule has 14 heavy (non-hydrogen) atoms. The zero-order valence-corrected chi connectivity index (χ0v) is 9.67. The Balaban J connectivity index is 2.17. The first-order valence-corrected chi connectivity index (χ1v) is 5.46. The lowest BCUT2D eigenvalue weighted by atomic mass is 9.58. The van der Waals surface area contributed by atoms with E-state index >= 15 is 0 Å². The minimum absolute atomic E-state index is 0.266. The number of aliphatic imine (C=N–C) groups is 1. The molecule has 0 bridgehead atoms. The molecule has 0 aromatic carbocycles. The van der Waals surface area contributed by atoms with E-state index in [0.717, 1.165) is 12.5 Å². The molecule has 1 fully saturated rings. The highest BCUT2D eigenvalue weighted by atomic mass is 15.4. The highest BCUT2D eigenvalue weighted by molar-refractivity contribution is 5.81. The Morgan fingerprint density at radius 1 is 1.36 bits per heavy atom. The summed E-state index contributed by atoms with van der Waals surface area (Å²) in [5, 5.41) is 0. The van der Waals surface area contributed by atoms with Crippen molar-refractivity contribution in [2.24, 2.45) is 16.1 Å². The Labute approximate surface area is 86.4 Å². The number of rotatable bonds is 1. The summed E-state index contributed by atoms with van der Waals surface area (Å²) in [6.07, 6.45) is 2.45. The molecule has 1 aliphatic carbocycles. The number of nitrogens with two attached hydrogens (primary N) is 1. The smallest absolute Gasteiger partial charge is 0.192 e. The first-order valence-electron chi connectivity index (χ1n) is 5.46. The molecule has 0 saturated heterocycles. The molecule has 0 atom stereocenters. The van der Waals surface area contributed by atoms with Crippen LogP contribution in [0.15, 0.2) is 4.99 Å². The van der Waals surface area contributed by atoms with Gasteiger partial charge in [0.2, 0.25) is 0 Å². The highest BCUT2D eigenvalue weighted by Gasteiger charge is 2.56. The molecule has 0 unspecified atom stereocenters. The van der Waals surface area contributed by atoms with Crippen LogP contribution in [0.3, 0.4) is 0 Å². The average molecular weight is 195 g/mol. The monoisotopic (exact) mass is 195 g/mol. The molecule has 3 nitrogen and oxygen atoms in total. The Kier molecular flexibility index (Phi) is 1.85. The average Bonchev–Trinajstić information content (AvgIpc) is 2.24. The van der Waals surface area contributed by atoms with Crippen LogP contribution in [0, 0.1) is 5.41 Å². The van der Waals surface area contributed by atoms with Crippen LogP contribution in [-0.4, -0.2) is 29.0 Å². The standard InChI is InChI=1S/C11H21N3/c1-8(2)14-9(12)13-7-11(14)5-10(3,4)6-11/h8H,5-7H2,1-4H3,(H2,12,13). The maximum Gasteiger partial charge on any atom is 0.192 e. The van der Waals surface area contributed by atoms with Crippen LogP contribution in [0.1, 0.15) is 40.5 Å². The molecule has 2 N–H and O–H groups in total. The van der Waals surface area contributed by atoms with Crippen LogP contribution in [0.4, 0.5) is 0 Å². The number of nitrogens with zero attached hydrogens (tertiary/aromatic N) is 2. The molecule has 0 aromatic heterocycles. The Bertz CT molecular complexity index is 270. The van der Waals surface area contributed by atoms with Crippen molar-refractivity contribution in [2.45, 2.75) is 52.1 Å². The van der Waals surface area contributed by atoms with Gasteiger partial charge in [-0.15, -0.1) is 0 Å². The van der Waals surface area contributed by atoms with E-state index in [-0.39, 0.29) is 5.54 Å². The third-order valence-corrected chi connectivity index (χ3v) is 3.42. The summed E-state index contributed by atoms with van der Waals surface area (Å²) in [7, 11) is 0. The van der Waals surface area contributed by atoms with Crippen molar-refractivity contribution in [1.29, 1.82) is 0 Å². The maximum absolute atomic E-state index is 5.93. The van der Waals surface area contributed by atoms with E-state index in [1.165, 1.54) is 12.8 Å². The van der Waals surface area contributed by atoms with Crippen molar-refractivity contribution in [1.82, 2.24) is 4.90 Å². The fraction of sp³-hybridized carbons (Fsp3) is 0.909. The summed E-state index contributed by atoms with van der Waals surface area (Å²) in [6.45, 7) is 9.94. The third kappa shape index (κ3) is 1.22. The van der Waals surface area contributed by atoms with Gasteiger partial charge >= 0.3 is 0 Å². The minimum atomic E-state index is 0.266. The second-order valence-electron chi connectivity index (χ2n) is 5.88. The first-order chi connectivity index (χ1) is 6.36. The molecule has 0 aromatic rings. The first kappa shape index (κ1) is 9.81. The van der Waals surface area contributed by atoms with Crippen LogP contribution in [0.5, 0.6) is 0 Å². The van der Waals surface area contributed by atoms with Gasteiger partial charge in [0.25, 0.3) is 0 Å². The van der Waals surface area contributed by atoms with E-state index in [2.05, 4.69) is 37.6 Å². The number of guanidine groups is 1. The van der Waals surface area contributed by atoms with Crippen LogP contribution in [0.2, 0.25) is 0 Å². The SMILES string of the molecule is CC(C)N1C(N)=NCC12CC(C)(C)C2. The Morgan fingerprint density at radius 3 is 2.36 bits per heavy atom. The molecule has 2 rings (SSSR count). The largest absolute Gasteiger partial charge is 0.370 e. The molecule has 0 amide bonds. The van der Waals surface area contributed by atoms with Gasteiger partial charge < -0.3 is 10.6 Å². The predicted molar refractivity (Wildman–Crippen MR) is 59.2 cm³/mol. The van der Waals surface area contributed by atoms with Gasteiger partial charge in [-0.05, 0) is 32.1 Å². The fourth-order valence-corrected chi connectivity index (χ4v) is 3.45. The van der Waals surface area contributed by atoms with Crippen molar-refractivity contribution in [3.63, 3.8) is 0 Å². The van der Waals surface area contributed by atoms with E-state index in [4.69, 9.17) is 5.73 Å². The van der Waals surface area contributed by atoms with Crippen LogP contribution >= 0.6 is 0 Å². The van der Waals surface area contributed by atoms with E-state index in [1.807, 2.05) is 0 Å². The van der Waals surface area contributed by atoms with E-state index in [0.29, 0.717) is 11.5 Å². The summed E-state index contributed by atoms with van der Waals surface area (Å²) in [5.74, 6) is 0.746. The van der Waals surface area contributed by atoms with E-state index in [1.54, 1.807) is 0 Å². The third-order valence-electron chi connectivity index (χ3n) is 3.42. The number of hydrogen-bond acceptors (Lipinski definition) is 3. The predicted octanol–water partition coefficient (Wildman–Crippen LogP) is 1.58. The second-order valence-corrected chi connectivity index (χ2v) is 5.88. The normalized spacial score (nSPS) is 28.1.